The van der Waals surface area contributed by atoms with Gasteiger partial charge in [-0.2, -0.15) is 0 Å². The van der Waals surface area contributed by atoms with Crippen LogP contribution in [0, 0.1) is 62.6 Å². The summed E-state index contributed by atoms with van der Waals surface area (Å²) >= 11 is 0. The first-order valence-corrected chi connectivity index (χ1v) is 14.3. The lowest BCUT2D eigenvalue weighted by Crippen LogP contribution is -2.66. The Bertz CT molecular complexity index is 805. The predicted molar refractivity (Wildman–Crippen MR) is 137 cm³/mol. The van der Waals surface area contributed by atoms with Crippen LogP contribution in [0.15, 0.2) is 12.2 Å². The monoisotopic (exact) mass is 456 g/mol. The van der Waals surface area contributed by atoms with E-state index < -0.39 is 0 Å². The average molecular weight is 457 g/mol. The fourth-order valence-electron chi connectivity index (χ4n) is 11.8. The Balaban J connectivity index is 1.55. The van der Waals surface area contributed by atoms with Crippen molar-refractivity contribution in [2.24, 2.45) is 62.6 Å². The van der Waals surface area contributed by atoms with E-state index in [1.807, 2.05) is 0 Å². The molecule has 0 heterocycles. The SMILES string of the molecule is C=C(C)C1CCC2(CO)CCC3(C)C(CCC4C5(C)CCC(C)C(C)(CO)C5CCC43C)C12. The summed E-state index contributed by atoms with van der Waals surface area (Å²) in [5.41, 5.74) is 2.64. The Kier molecular flexibility index (Phi) is 5.60. The molecule has 0 bridgehead atoms. The fraction of sp³-hybridized carbons (Fsp3) is 0.935. The summed E-state index contributed by atoms with van der Waals surface area (Å²) in [4.78, 5) is 0. The average Bonchev–Trinajstić information content (AvgIpc) is 3.17. The van der Waals surface area contributed by atoms with Gasteiger partial charge in [0.25, 0.3) is 0 Å². The minimum atomic E-state index is 0.0706. The van der Waals surface area contributed by atoms with Gasteiger partial charge in [-0.1, -0.05) is 46.8 Å². The molecule has 0 aromatic heterocycles. The number of allylic oxidation sites excluding steroid dienone is 1. The van der Waals surface area contributed by atoms with E-state index >= 15 is 0 Å². The minimum absolute atomic E-state index is 0.0706. The topological polar surface area (TPSA) is 40.5 Å². The van der Waals surface area contributed by atoms with Crippen molar-refractivity contribution in [1.29, 1.82) is 0 Å². The molecule has 188 valence electrons. The van der Waals surface area contributed by atoms with Crippen molar-refractivity contribution in [3.63, 3.8) is 0 Å². The van der Waals surface area contributed by atoms with Gasteiger partial charge in [0.1, 0.15) is 0 Å². The van der Waals surface area contributed by atoms with Gasteiger partial charge in [-0.05, 0) is 134 Å². The second-order valence-corrected chi connectivity index (χ2v) is 14.8. The summed E-state index contributed by atoms with van der Waals surface area (Å²) in [5, 5.41) is 21.3. The highest BCUT2D eigenvalue weighted by Crippen LogP contribution is 2.77. The number of aliphatic hydroxyl groups excluding tert-OH is 2. The van der Waals surface area contributed by atoms with E-state index in [4.69, 9.17) is 0 Å². The second kappa shape index (κ2) is 7.58. The van der Waals surface area contributed by atoms with Gasteiger partial charge in [0.15, 0.2) is 0 Å². The Labute approximate surface area is 204 Å². The van der Waals surface area contributed by atoms with Crippen molar-refractivity contribution >= 4 is 0 Å². The molecule has 5 rings (SSSR count). The molecule has 0 saturated heterocycles. The minimum Gasteiger partial charge on any atom is -0.396 e. The number of hydrogen-bond acceptors (Lipinski definition) is 2. The van der Waals surface area contributed by atoms with Crippen LogP contribution in [0.2, 0.25) is 0 Å². The molecule has 33 heavy (non-hydrogen) atoms. The molecule has 2 heteroatoms. The quantitative estimate of drug-likeness (QED) is 0.439. The van der Waals surface area contributed by atoms with Gasteiger partial charge in [-0.25, -0.2) is 0 Å². The first-order valence-electron chi connectivity index (χ1n) is 14.3. The lowest BCUT2D eigenvalue weighted by atomic mass is 9.32. The van der Waals surface area contributed by atoms with Crippen LogP contribution in [-0.2, 0) is 0 Å². The van der Waals surface area contributed by atoms with Crippen LogP contribution in [0.4, 0.5) is 0 Å². The molecule has 11 atom stereocenters. The van der Waals surface area contributed by atoms with Gasteiger partial charge in [0.05, 0.1) is 0 Å². The predicted octanol–water partition coefficient (Wildman–Crippen LogP) is 7.24. The summed E-state index contributed by atoms with van der Waals surface area (Å²) in [6.45, 7) is 20.2. The van der Waals surface area contributed by atoms with Crippen LogP contribution in [0.25, 0.3) is 0 Å². The molecule has 2 N–H and O–H groups in total. The molecule has 5 aliphatic rings. The van der Waals surface area contributed by atoms with Crippen molar-refractivity contribution in [3.8, 4) is 0 Å². The number of aliphatic hydroxyl groups is 2. The smallest absolute Gasteiger partial charge is 0.0490 e. The third-order valence-corrected chi connectivity index (χ3v) is 14.2. The summed E-state index contributed by atoms with van der Waals surface area (Å²) in [7, 11) is 0. The highest BCUT2D eigenvalue weighted by Gasteiger charge is 2.70. The third-order valence-electron chi connectivity index (χ3n) is 14.2. The van der Waals surface area contributed by atoms with Gasteiger partial charge in [-0.3, -0.25) is 0 Å². The lowest BCUT2D eigenvalue weighted by Gasteiger charge is -2.73. The maximum Gasteiger partial charge on any atom is 0.0490 e. The van der Waals surface area contributed by atoms with Crippen molar-refractivity contribution in [2.75, 3.05) is 13.2 Å². The zero-order valence-corrected chi connectivity index (χ0v) is 22.6. The van der Waals surface area contributed by atoms with E-state index in [9.17, 15) is 10.2 Å². The van der Waals surface area contributed by atoms with Crippen LogP contribution in [0.3, 0.4) is 0 Å². The van der Waals surface area contributed by atoms with Gasteiger partial charge < -0.3 is 10.2 Å². The molecule has 5 saturated carbocycles. The standard InChI is InChI=1S/C31H52O2/c1-20(2)22-11-15-31(19-33)17-16-29(6)23(26(22)31)8-9-25-27(4)13-10-21(3)28(5,18-32)24(27)12-14-30(25,29)7/h21-26,32-33H,1,8-19H2,2-7H3. The van der Waals surface area contributed by atoms with Crippen LogP contribution in [0.1, 0.15) is 106 Å². The van der Waals surface area contributed by atoms with Gasteiger partial charge in [0.2, 0.25) is 0 Å². The highest BCUT2D eigenvalue weighted by molar-refractivity contribution is 5.21. The summed E-state index contributed by atoms with van der Waals surface area (Å²) in [5.74, 6) is 3.96. The van der Waals surface area contributed by atoms with Crippen molar-refractivity contribution in [2.45, 2.75) is 106 Å². The molecule has 5 fully saturated rings. The second-order valence-electron chi connectivity index (χ2n) is 14.8. The summed E-state index contributed by atoms with van der Waals surface area (Å²) in [6, 6.07) is 0. The molecule has 0 aromatic carbocycles. The van der Waals surface area contributed by atoms with E-state index in [-0.39, 0.29) is 10.8 Å². The van der Waals surface area contributed by atoms with Crippen LogP contribution in [-0.4, -0.2) is 23.4 Å². The fourth-order valence-corrected chi connectivity index (χ4v) is 11.8. The van der Waals surface area contributed by atoms with Crippen molar-refractivity contribution < 1.29 is 10.2 Å². The normalized spacial score (nSPS) is 58.1. The van der Waals surface area contributed by atoms with Gasteiger partial charge in [0, 0.05) is 13.2 Å². The first-order chi connectivity index (χ1) is 15.4. The molecule has 2 nitrogen and oxygen atoms in total. The Morgan fingerprint density at radius 2 is 1.52 bits per heavy atom. The van der Waals surface area contributed by atoms with E-state index in [1.54, 1.807) is 0 Å². The third kappa shape index (κ3) is 2.86. The molecule has 0 amide bonds. The Morgan fingerprint density at radius 3 is 2.15 bits per heavy atom. The first kappa shape index (κ1) is 24.4. The van der Waals surface area contributed by atoms with E-state index in [0.29, 0.717) is 53.1 Å². The Hall–Kier alpha value is -0.340. The highest BCUT2D eigenvalue weighted by atomic mass is 16.3. The zero-order chi connectivity index (χ0) is 24.0. The molecule has 0 aliphatic heterocycles. The van der Waals surface area contributed by atoms with E-state index in [1.165, 1.54) is 69.8 Å². The number of rotatable bonds is 3. The van der Waals surface area contributed by atoms with Crippen LogP contribution < -0.4 is 0 Å². The maximum atomic E-state index is 10.7. The van der Waals surface area contributed by atoms with Crippen LogP contribution in [0.5, 0.6) is 0 Å². The largest absolute Gasteiger partial charge is 0.396 e. The van der Waals surface area contributed by atoms with Crippen molar-refractivity contribution in [3.05, 3.63) is 12.2 Å². The molecule has 11 unspecified atom stereocenters. The molecule has 0 aromatic rings. The van der Waals surface area contributed by atoms with Crippen molar-refractivity contribution in [1.82, 2.24) is 0 Å². The summed E-state index contributed by atoms with van der Waals surface area (Å²) < 4.78 is 0. The number of fused-ring (bicyclic) bond motifs is 7. The van der Waals surface area contributed by atoms with Gasteiger partial charge >= 0.3 is 0 Å². The molecular formula is C31H52O2. The van der Waals surface area contributed by atoms with E-state index in [2.05, 4.69) is 48.1 Å². The molecule has 0 spiro atoms. The number of hydrogen-bond donors (Lipinski definition) is 2. The van der Waals surface area contributed by atoms with E-state index in [0.717, 1.165) is 11.8 Å². The van der Waals surface area contributed by atoms with Gasteiger partial charge in [-0.15, -0.1) is 0 Å². The van der Waals surface area contributed by atoms with Crippen LogP contribution >= 0.6 is 0 Å². The maximum absolute atomic E-state index is 10.7. The lowest BCUT2D eigenvalue weighted by molar-refractivity contribution is -0.248. The Morgan fingerprint density at radius 1 is 0.788 bits per heavy atom. The molecule has 0 radical (unpaired) electrons. The summed E-state index contributed by atoms with van der Waals surface area (Å²) in [6.07, 6.45) is 12.8. The molecular weight excluding hydrogens is 404 g/mol. The molecule has 5 aliphatic carbocycles. The zero-order valence-electron chi connectivity index (χ0n) is 22.6.